The highest BCUT2D eigenvalue weighted by Gasteiger charge is 2.14. The Hall–Kier alpha value is -2.22. The Morgan fingerprint density at radius 3 is 2.57 bits per heavy atom. The molecule has 21 heavy (non-hydrogen) atoms. The molecule has 0 bridgehead atoms. The molecule has 0 aromatic carbocycles. The number of nitrogens with zero attached hydrogens (tertiary/aromatic N) is 2. The topological polar surface area (TPSA) is 104 Å². The van der Waals surface area contributed by atoms with Gasteiger partial charge in [0.15, 0.2) is 0 Å². The van der Waals surface area contributed by atoms with E-state index in [1.54, 1.807) is 18.3 Å². The molecular weight excluding hydrogens is 292 g/mol. The summed E-state index contributed by atoms with van der Waals surface area (Å²) in [6, 6.07) is 0. The molecule has 2 heterocycles. The fraction of sp³-hybridized carbons (Fsp3) is 0.385. The number of fused-ring (bicyclic) bond motifs is 1. The smallest absolute Gasteiger partial charge is 0.322 e. The zero-order valence-corrected chi connectivity index (χ0v) is 12.8. The van der Waals surface area contributed by atoms with Gasteiger partial charge in [-0.05, 0) is 26.3 Å². The first-order valence-corrected chi connectivity index (χ1v) is 7.17. The minimum absolute atomic E-state index is 0.0346. The molecule has 2 aromatic rings. The van der Waals surface area contributed by atoms with Gasteiger partial charge in [-0.25, -0.2) is 9.97 Å². The summed E-state index contributed by atoms with van der Waals surface area (Å²) in [5.41, 5.74) is 1.09. The maximum atomic E-state index is 11.6. The number of hydrogen-bond acceptors (Lipinski definition) is 6. The third-order valence-electron chi connectivity index (χ3n) is 2.99. The van der Waals surface area contributed by atoms with Crippen LogP contribution in [0.15, 0.2) is 0 Å². The summed E-state index contributed by atoms with van der Waals surface area (Å²) in [7, 11) is 0. The van der Waals surface area contributed by atoms with Crippen LogP contribution < -0.4 is 10.6 Å². The van der Waals surface area contributed by atoms with Crippen LogP contribution in [0.3, 0.4) is 0 Å². The molecule has 0 atom stereocenters. The van der Waals surface area contributed by atoms with Crippen molar-refractivity contribution in [2.75, 3.05) is 18.4 Å². The van der Waals surface area contributed by atoms with Crippen LogP contribution in [0, 0.1) is 20.8 Å². The first-order chi connectivity index (χ1) is 9.88. The number of aryl methyl sites for hydroxylation is 3. The molecule has 0 aliphatic rings. The van der Waals surface area contributed by atoms with Gasteiger partial charge in [0.1, 0.15) is 23.0 Å². The van der Waals surface area contributed by atoms with E-state index in [0.29, 0.717) is 11.6 Å². The molecule has 0 aliphatic carbocycles. The molecule has 2 aromatic heterocycles. The summed E-state index contributed by atoms with van der Waals surface area (Å²) in [6.07, 6.45) is 0. The van der Waals surface area contributed by atoms with Crippen molar-refractivity contribution in [3.63, 3.8) is 0 Å². The van der Waals surface area contributed by atoms with Crippen molar-refractivity contribution < 1.29 is 14.7 Å². The Kier molecular flexibility index (Phi) is 4.37. The highest BCUT2D eigenvalue weighted by atomic mass is 32.1. The van der Waals surface area contributed by atoms with Crippen LogP contribution in [0.25, 0.3) is 10.2 Å². The van der Waals surface area contributed by atoms with Crippen LogP contribution in [0.5, 0.6) is 0 Å². The number of aromatic nitrogens is 2. The third kappa shape index (κ3) is 3.46. The number of aliphatic carboxylic acids is 1. The van der Waals surface area contributed by atoms with Crippen molar-refractivity contribution in [2.24, 2.45) is 0 Å². The lowest BCUT2D eigenvalue weighted by Gasteiger charge is -2.08. The van der Waals surface area contributed by atoms with E-state index in [4.69, 9.17) is 5.11 Å². The van der Waals surface area contributed by atoms with E-state index in [-0.39, 0.29) is 6.54 Å². The molecule has 2 rings (SSSR count). The lowest BCUT2D eigenvalue weighted by Crippen LogP contribution is -2.34. The third-order valence-corrected chi connectivity index (χ3v) is 4.09. The van der Waals surface area contributed by atoms with Crippen molar-refractivity contribution >= 4 is 39.2 Å². The van der Waals surface area contributed by atoms with Gasteiger partial charge in [-0.2, -0.15) is 0 Å². The van der Waals surface area contributed by atoms with Crippen LogP contribution in [0.1, 0.15) is 16.3 Å². The number of amides is 1. The Balaban J connectivity index is 2.18. The van der Waals surface area contributed by atoms with Crippen LogP contribution >= 0.6 is 11.3 Å². The monoisotopic (exact) mass is 308 g/mol. The summed E-state index contributed by atoms with van der Waals surface area (Å²) < 4.78 is 0. The molecule has 0 unspecified atom stereocenters. The minimum atomic E-state index is -1.08. The average molecular weight is 308 g/mol. The zero-order chi connectivity index (χ0) is 15.6. The van der Waals surface area contributed by atoms with Gasteiger partial charge in [0.25, 0.3) is 0 Å². The van der Waals surface area contributed by atoms with Crippen molar-refractivity contribution in [2.45, 2.75) is 20.8 Å². The van der Waals surface area contributed by atoms with Crippen molar-refractivity contribution in [1.82, 2.24) is 15.3 Å². The number of carbonyl (C=O) groups is 2. The van der Waals surface area contributed by atoms with E-state index in [1.165, 1.54) is 0 Å². The first-order valence-electron chi connectivity index (χ1n) is 6.35. The molecule has 3 N–H and O–H groups in total. The summed E-state index contributed by atoms with van der Waals surface area (Å²) in [6.45, 7) is 5.37. The van der Waals surface area contributed by atoms with Gasteiger partial charge in [-0.15, -0.1) is 11.3 Å². The fourth-order valence-corrected chi connectivity index (χ4v) is 2.96. The second kappa shape index (κ2) is 6.04. The summed E-state index contributed by atoms with van der Waals surface area (Å²) in [5.74, 6) is -0.249. The molecule has 7 nitrogen and oxygen atoms in total. The first kappa shape index (κ1) is 15.2. The molecule has 0 spiro atoms. The molecule has 0 radical (unpaired) electrons. The molecule has 0 saturated heterocycles. The Morgan fingerprint density at radius 1 is 1.19 bits per heavy atom. The maximum absolute atomic E-state index is 11.6. The van der Waals surface area contributed by atoms with E-state index >= 15 is 0 Å². The lowest BCUT2D eigenvalue weighted by molar-refractivity contribution is -0.137. The van der Waals surface area contributed by atoms with Gasteiger partial charge >= 0.3 is 5.97 Å². The minimum Gasteiger partial charge on any atom is -0.480 e. The van der Waals surface area contributed by atoms with E-state index in [2.05, 4.69) is 20.6 Å². The van der Waals surface area contributed by atoms with Gasteiger partial charge in [-0.3, -0.25) is 9.59 Å². The van der Waals surface area contributed by atoms with E-state index in [1.807, 2.05) is 13.8 Å². The van der Waals surface area contributed by atoms with Crippen molar-refractivity contribution in [3.05, 3.63) is 16.3 Å². The normalized spacial score (nSPS) is 10.6. The standard InChI is InChI=1S/C13H16N4O3S/c1-6-7(2)21-13-11(6)12(16-8(3)17-13)15-4-9(18)14-5-10(19)20/h4-5H2,1-3H3,(H,14,18)(H,19,20)(H,15,16,17). The SMILES string of the molecule is Cc1nc(NCC(=O)NCC(=O)O)c2c(C)c(C)sc2n1. The Bertz CT molecular complexity index is 711. The molecule has 1 amide bonds. The number of anilines is 1. The number of carboxylic acid groups (broad SMARTS) is 1. The molecule has 8 heteroatoms. The predicted molar refractivity (Wildman–Crippen MR) is 80.8 cm³/mol. The zero-order valence-electron chi connectivity index (χ0n) is 12.0. The van der Waals surface area contributed by atoms with Crippen LogP contribution in [-0.2, 0) is 9.59 Å². The van der Waals surface area contributed by atoms with Crippen LogP contribution in [-0.4, -0.2) is 40.0 Å². The summed E-state index contributed by atoms with van der Waals surface area (Å²) >= 11 is 1.59. The number of rotatable bonds is 5. The predicted octanol–water partition coefficient (Wildman–Crippen LogP) is 1.23. The van der Waals surface area contributed by atoms with E-state index in [0.717, 1.165) is 20.7 Å². The number of carbonyl (C=O) groups excluding carboxylic acids is 1. The lowest BCUT2D eigenvalue weighted by atomic mass is 10.2. The molecule has 112 valence electrons. The maximum Gasteiger partial charge on any atom is 0.322 e. The fourth-order valence-electron chi connectivity index (χ4n) is 1.88. The van der Waals surface area contributed by atoms with Gasteiger partial charge in [0.05, 0.1) is 11.9 Å². The number of carboxylic acids is 1. The molecule has 0 fully saturated rings. The molecular formula is C13H16N4O3S. The second-order valence-electron chi connectivity index (χ2n) is 4.61. The molecule has 0 saturated carbocycles. The summed E-state index contributed by atoms with van der Waals surface area (Å²) in [5, 5.41) is 14.7. The van der Waals surface area contributed by atoms with Crippen molar-refractivity contribution in [1.29, 1.82) is 0 Å². The Morgan fingerprint density at radius 2 is 1.90 bits per heavy atom. The quantitative estimate of drug-likeness (QED) is 0.767. The highest BCUT2D eigenvalue weighted by Crippen LogP contribution is 2.32. The van der Waals surface area contributed by atoms with Gasteiger partial charge in [-0.1, -0.05) is 0 Å². The largest absolute Gasteiger partial charge is 0.480 e. The number of hydrogen-bond donors (Lipinski definition) is 3. The van der Waals surface area contributed by atoms with Gasteiger partial charge in [0.2, 0.25) is 5.91 Å². The second-order valence-corrected chi connectivity index (χ2v) is 5.81. The van der Waals surface area contributed by atoms with Gasteiger partial charge in [0, 0.05) is 4.88 Å². The van der Waals surface area contributed by atoms with Gasteiger partial charge < -0.3 is 15.7 Å². The number of thiophene rings is 1. The summed E-state index contributed by atoms with van der Waals surface area (Å²) in [4.78, 5) is 32.7. The van der Waals surface area contributed by atoms with Crippen molar-refractivity contribution in [3.8, 4) is 0 Å². The average Bonchev–Trinajstić information content (AvgIpc) is 2.68. The number of nitrogens with one attached hydrogen (secondary N) is 2. The highest BCUT2D eigenvalue weighted by molar-refractivity contribution is 7.18. The molecule has 0 aliphatic heterocycles. The van der Waals surface area contributed by atoms with Crippen LogP contribution in [0.4, 0.5) is 5.82 Å². The van der Waals surface area contributed by atoms with E-state index < -0.39 is 18.4 Å². The Labute approximate surface area is 125 Å². The van der Waals surface area contributed by atoms with Crippen LogP contribution in [0.2, 0.25) is 0 Å². The van der Waals surface area contributed by atoms with E-state index in [9.17, 15) is 9.59 Å².